The van der Waals surface area contributed by atoms with Crippen molar-refractivity contribution < 1.29 is 9.47 Å². The van der Waals surface area contributed by atoms with Crippen LogP contribution in [-0.4, -0.2) is 55.5 Å². The molecule has 1 aromatic carbocycles. The van der Waals surface area contributed by atoms with Crippen LogP contribution in [0, 0.1) is 5.41 Å². The number of rotatable bonds is 7. The number of benzene rings is 1. The van der Waals surface area contributed by atoms with Crippen molar-refractivity contribution >= 4 is 0 Å². The summed E-state index contributed by atoms with van der Waals surface area (Å²) in [6.45, 7) is 8.51. The maximum absolute atomic E-state index is 5.69. The normalized spacial score (nSPS) is 14.1. The van der Waals surface area contributed by atoms with Crippen LogP contribution in [0.3, 0.4) is 0 Å². The summed E-state index contributed by atoms with van der Waals surface area (Å²) in [5, 5.41) is 10.9. The minimum Gasteiger partial charge on any atom is -0.486 e. The molecule has 6 nitrogen and oxygen atoms in total. The summed E-state index contributed by atoms with van der Waals surface area (Å²) in [7, 11) is 4.22. The van der Waals surface area contributed by atoms with Gasteiger partial charge in [-0.3, -0.25) is 5.10 Å². The zero-order valence-electron chi connectivity index (χ0n) is 15.6. The first-order chi connectivity index (χ1) is 11.9. The van der Waals surface area contributed by atoms with Crippen LogP contribution < -0.4 is 14.8 Å². The number of hydrogen-bond donors (Lipinski definition) is 2. The number of ether oxygens (including phenoxy) is 2. The Bertz CT molecular complexity index is 709. The van der Waals surface area contributed by atoms with E-state index in [1.54, 1.807) is 0 Å². The van der Waals surface area contributed by atoms with Gasteiger partial charge in [-0.15, -0.1) is 0 Å². The van der Waals surface area contributed by atoms with Crippen LogP contribution >= 0.6 is 0 Å². The molecule has 0 atom stereocenters. The number of nitrogens with zero attached hydrogens (tertiary/aromatic N) is 2. The van der Waals surface area contributed by atoms with Gasteiger partial charge in [0.25, 0.3) is 0 Å². The van der Waals surface area contributed by atoms with Crippen molar-refractivity contribution in [3.8, 4) is 22.8 Å². The van der Waals surface area contributed by atoms with Crippen molar-refractivity contribution in [3.63, 3.8) is 0 Å². The molecular formula is C19H28N4O2. The van der Waals surface area contributed by atoms with Crippen molar-refractivity contribution in [1.29, 1.82) is 0 Å². The van der Waals surface area contributed by atoms with Crippen molar-refractivity contribution in [2.45, 2.75) is 20.4 Å². The molecule has 3 rings (SSSR count). The second kappa shape index (κ2) is 7.45. The third kappa shape index (κ3) is 4.52. The zero-order valence-corrected chi connectivity index (χ0v) is 15.6. The quantitative estimate of drug-likeness (QED) is 0.808. The van der Waals surface area contributed by atoms with Crippen molar-refractivity contribution in [1.82, 2.24) is 20.4 Å². The first kappa shape index (κ1) is 17.8. The minimum atomic E-state index is 0.213. The lowest BCUT2D eigenvalue weighted by atomic mass is 9.93. The average molecular weight is 344 g/mol. The summed E-state index contributed by atoms with van der Waals surface area (Å²) < 4.78 is 11.3. The highest BCUT2D eigenvalue weighted by atomic mass is 16.6. The summed E-state index contributed by atoms with van der Waals surface area (Å²) in [6, 6.07) is 6.02. The van der Waals surface area contributed by atoms with Gasteiger partial charge in [0.05, 0.1) is 11.9 Å². The molecule has 0 spiro atoms. The number of nitrogens with one attached hydrogen (secondary N) is 2. The topological polar surface area (TPSA) is 62.4 Å². The Labute approximate surface area is 149 Å². The first-order valence-corrected chi connectivity index (χ1v) is 8.72. The average Bonchev–Trinajstić information content (AvgIpc) is 3.01. The predicted octanol–water partition coefficient (Wildman–Crippen LogP) is 2.53. The van der Waals surface area contributed by atoms with Gasteiger partial charge in [-0.1, -0.05) is 13.8 Å². The molecule has 0 unspecified atom stereocenters. The number of H-pyrrole nitrogens is 1. The Balaban J connectivity index is 1.67. The first-order valence-electron chi connectivity index (χ1n) is 8.72. The summed E-state index contributed by atoms with van der Waals surface area (Å²) in [6.07, 6.45) is 1.89. The van der Waals surface area contributed by atoms with Crippen LogP contribution in [0.4, 0.5) is 0 Å². The highest BCUT2D eigenvalue weighted by Gasteiger charge is 2.19. The van der Waals surface area contributed by atoms with Gasteiger partial charge in [-0.2, -0.15) is 5.10 Å². The molecule has 136 valence electrons. The minimum absolute atomic E-state index is 0.213. The van der Waals surface area contributed by atoms with Crippen molar-refractivity contribution in [2.75, 3.05) is 40.4 Å². The van der Waals surface area contributed by atoms with E-state index in [0.717, 1.165) is 48.0 Å². The molecule has 1 aliphatic rings. The molecule has 25 heavy (non-hydrogen) atoms. The monoisotopic (exact) mass is 344 g/mol. The molecule has 0 saturated heterocycles. The molecule has 6 heteroatoms. The smallest absolute Gasteiger partial charge is 0.162 e. The molecule has 0 radical (unpaired) electrons. The molecule has 0 bridgehead atoms. The van der Waals surface area contributed by atoms with Gasteiger partial charge in [0.2, 0.25) is 0 Å². The van der Waals surface area contributed by atoms with Gasteiger partial charge in [0.15, 0.2) is 11.5 Å². The Morgan fingerprint density at radius 2 is 1.96 bits per heavy atom. The van der Waals surface area contributed by atoms with E-state index in [9.17, 15) is 0 Å². The van der Waals surface area contributed by atoms with E-state index in [4.69, 9.17) is 9.47 Å². The lowest BCUT2D eigenvalue weighted by Crippen LogP contribution is -2.37. The predicted molar refractivity (Wildman–Crippen MR) is 99.1 cm³/mol. The van der Waals surface area contributed by atoms with Crippen LogP contribution in [-0.2, 0) is 6.54 Å². The molecule has 0 fully saturated rings. The Morgan fingerprint density at radius 1 is 1.20 bits per heavy atom. The van der Waals surface area contributed by atoms with E-state index in [1.807, 2.05) is 24.4 Å². The summed E-state index contributed by atoms with van der Waals surface area (Å²) in [5.74, 6) is 1.60. The number of aromatic amines is 1. The van der Waals surface area contributed by atoms with Crippen LogP contribution in [0.5, 0.6) is 11.5 Å². The highest BCUT2D eigenvalue weighted by Crippen LogP contribution is 2.34. The van der Waals surface area contributed by atoms with E-state index < -0.39 is 0 Å². The summed E-state index contributed by atoms with van der Waals surface area (Å²) in [5.41, 5.74) is 3.45. The van der Waals surface area contributed by atoms with Gasteiger partial charge < -0.3 is 19.7 Å². The van der Waals surface area contributed by atoms with Crippen LogP contribution in [0.1, 0.15) is 19.4 Å². The van der Waals surface area contributed by atoms with Gasteiger partial charge in [-0.25, -0.2) is 0 Å². The Kier molecular flexibility index (Phi) is 5.30. The fourth-order valence-corrected chi connectivity index (χ4v) is 3.34. The number of fused-ring (bicyclic) bond motifs is 1. The second-order valence-corrected chi connectivity index (χ2v) is 7.63. The zero-order chi connectivity index (χ0) is 17.9. The van der Waals surface area contributed by atoms with Crippen LogP contribution in [0.15, 0.2) is 24.4 Å². The molecule has 1 aromatic heterocycles. The van der Waals surface area contributed by atoms with E-state index in [-0.39, 0.29) is 5.41 Å². The van der Waals surface area contributed by atoms with Crippen molar-refractivity contribution in [3.05, 3.63) is 30.0 Å². The number of aromatic nitrogens is 2. The maximum atomic E-state index is 5.69. The molecule has 0 aliphatic carbocycles. The molecule has 1 aliphatic heterocycles. The molecule has 2 heterocycles. The standard InChI is InChI=1S/C19H28N4O2/c1-19(2,13-23(3)4)12-20-10-15-11-21-22-18(15)14-5-6-16-17(9-14)25-8-7-24-16/h5-6,9,11,20H,7-8,10,12-13H2,1-4H3,(H,21,22). The Hall–Kier alpha value is -2.05. The highest BCUT2D eigenvalue weighted by molar-refractivity contribution is 5.66. The fraction of sp³-hybridized carbons (Fsp3) is 0.526. The Morgan fingerprint density at radius 3 is 2.72 bits per heavy atom. The van der Waals surface area contributed by atoms with Gasteiger partial charge in [0.1, 0.15) is 13.2 Å². The summed E-state index contributed by atoms with van der Waals surface area (Å²) >= 11 is 0. The SMILES string of the molecule is CN(C)CC(C)(C)CNCc1cn[nH]c1-c1ccc2c(c1)OCCO2. The van der Waals surface area contributed by atoms with Gasteiger partial charge in [-0.05, 0) is 37.7 Å². The van der Waals surface area contributed by atoms with E-state index in [1.165, 1.54) is 0 Å². The summed E-state index contributed by atoms with van der Waals surface area (Å²) in [4.78, 5) is 2.22. The van der Waals surface area contributed by atoms with E-state index >= 15 is 0 Å². The van der Waals surface area contributed by atoms with Crippen molar-refractivity contribution in [2.24, 2.45) is 5.41 Å². The molecule has 0 amide bonds. The molecule has 0 saturated carbocycles. The van der Waals surface area contributed by atoms with E-state index in [2.05, 4.69) is 48.4 Å². The lowest BCUT2D eigenvalue weighted by molar-refractivity contribution is 0.171. The maximum Gasteiger partial charge on any atom is 0.162 e. The third-order valence-electron chi connectivity index (χ3n) is 4.21. The van der Waals surface area contributed by atoms with E-state index in [0.29, 0.717) is 13.2 Å². The van der Waals surface area contributed by atoms with Gasteiger partial charge in [0, 0.05) is 30.8 Å². The second-order valence-electron chi connectivity index (χ2n) is 7.63. The fourth-order valence-electron chi connectivity index (χ4n) is 3.34. The molecular weight excluding hydrogens is 316 g/mol. The van der Waals surface area contributed by atoms with Crippen LogP contribution in [0.2, 0.25) is 0 Å². The third-order valence-corrected chi connectivity index (χ3v) is 4.21. The molecule has 2 aromatic rings. The molecule has 2 N–H and O–H groups in total. The largest absolute Gasteiger partial charge is 0.486 e. The lowest BCUT2D eigenvalue weighted by Gasteiger charge is -2.28. The number of hydrogen-bond acceptors (Lipinski definition) is 5. The van der Waals surface area contributed by atoms with Crippen LogP contribution in [0.25, 0.3) is 11.3 Å². The van der Waals surface area contributed by atoms with Gasteiger partial charge >= 0.3 is 0 Å².